The fourth-order valence-electron chi connectivity index (χ4n) is 3.51. The molecule has 1 unspecified atom stereocenters. The number of ether oxygens (including phenoxy) is 1. The number of carbonyl (C=O) groups is 1. The number of aromatic nitrogens is 3. The van der Waals surface area contributed by atoms with Crippen molar-refractivity contribution in [3.63, 3.8) is 0 Å². The molecule has 1 aliphatic heterocycles. The molecule has 0 spiro atoms. The van der Waals surface area contributed by atoms with Crippen LogP contribution in [0.1, 0.15) is 45.7 Å². The van der Waals surface area contributed by atoms with Crippen molar-refractivity contribution in [1.82, 2.24) is 14.8 Å². The average molecular weight is 445 g/mol. The molecule has 0 saturated carbocycles. The van der Waals surface area contributed by atoms with E-state index in [2.05, 4.69) is 24.0 Å². The summed E-state index contributed by atoms with van der Waals surface area (Å²) in [6, 6.07) is 6.94. The van der Waals surface area contributed by atoms with E-state index < -0.39 is 12.0 Å². The van der Waals surface area contributed by atoms with Gasteiger partial charge in [-0.1, -0.05) is 23.7 Å². The Balaban J connectivity index is 1.91. The largest absolute Gasteiger partial charge is 0.463 e. The maximum atomic E-state index is 12.3. The number of aliphatic hydroxyl groups is 1. The number of aliphatic hydroxyl groups excluding tert-OH is 1. The standard InChI is InChI=1S/C21H21ClN4O3S/c1-11-12(2)30-21-18(11)19(14-4-6-15(22)7-5-14)23-16(10-17(28)29-9-8-27)20-25-24-13(3)26(20)21/h4-7,16,27H,8-10H2,1-3H3. The highest BCUT2D eigenvalue weighted by molar-refractivity contribution is 7.15. The van der Waals surface area contributed by atoms with Crippen LogP contribution >= 0.6 is 22.9 Å². The lowest BCUT2D eigenvalue weighted by atomic mass is 9.99. The van der Waals surface area contributed by atoms with Crippen molar-refractivity contribution in [2.45, 2.75) is 33.2 Å². The molecule has 1 N–H and O–H groups in total. The molecule has 1 atom stereocenters. The molecule has 3 aromatic rings. The number of thiophene rings is 1. The summed E-state index contributed by atoms with van der Waals surface area (Å²) >= 11 is 7.75. The average Bonchev–Trinajstić information content (AvgIpc) is 3.19. The number of hydrogen-bond donors (Lipinski definition) is 1. The monoisotopic (exact) mass is 444 g/mol. The van der Waals surface area contributed by atoms with Gasteiger partial charge in [-0.15, -0.1) is 21.5 Å². The molecule has 1 aromatic carbocycles. The van der Waals surface area contributed by atoms with Crippen LogP contribution in [-0.4, -0.2) is 44.8 Å². The van der Waals surface area contributed by atoms with Crippen molar-refractivity contribution in [1.29, 1.82) is 0 Å². The molecule has 1 aliphatic rings. The van der Waals surface area contributed by atoms with Crippen LogP contribution in [0.2, 0.25) is 5.02 Å². The summed E-state index contributed by atoms with van der Waals surface area (Å²) in [5.74, 6) is 0.882. The summed E-state index contributed by atoms with van der Waals surface area (Å²) in [7, 11) is 0. The van der Waals surface area contributed by atoms with Gasteiger partial charge in [0.1, 0.15) is 23.5 Å². The van der Waals surface area contributed by atoms with Crippen LogP contribution in [0.3, 0.4) is 0 Å². The lowest BCUT2D eigenvalue weighted by molar-refractivity contribution is -0.145. The molecule has 2 aromatic heterocycles. The third-order valence-corrected chi connectivity index (χ3v) is 6.52. The molecule has 9 heteroatoms. The number of benzene rings is 1. The molecular weight excluding hydrogens is 424 g/mol. The number of fused-ring (bicyclic) bond motifs is 3. The van der Waals surface area contributed by atoms with Crippen LogP contribution in [0.25, 0.3) is 5.00 Å². The Morgan fingerprint density at radius 2 is 1.97 bits per heavy atom. The van der Waals surface area contributed by atoms with Gasteiger partial charge in [-0.2, -0.15) is 0 Å². The maximum absolute atomic E-state index is 12.3. The molecular formula is C21H21ClN4O3S. The fraction of sp³-hybridized carbons (Fsp3) is 0.333. The predicted octanol–water partition coefficient (Wildman–Crippen LogP) is 3.73. The quantitative estimate of drug-likeness (QED) is 0.605. The Morgan fingerprint density at radius 3 is 2.67 bits per heavy atom. The van der Waals surface area contributed by atoms with E-state index >= 15 is 0 Å². The van der Waals surface area contributed by atoms with E-state index in [0.717, 1.165) is 33.2 Å². The van der Waals surface area contributed by atoms with Crippen LogP contribution in [0, 0.1) is 20.8 Å². The minimum atomic E-state index is -0.567. The second-order valence-electron chi connectivity index (χ2n) is 7.05. The third-order valence-electron chi connectivity index (χ3n) is 5.07. The SMILES string of the molecule is Cc1sc2c(c1C)C(c1ccc(Cl)cc1)=NC(CC(=O)OCCO)c1nnc(C)n1-2. The first-order chi connectivity index (χ1) is 14.4. The lowest BCUT2D eigenvalue weighted by Gasteiger charge is -2.12. The summed E-state index contributed by atoms with van der Waals surface area (Å²) in [5.41, 5.74) is 3.83. The zero-order valence-electron chi connectivity index (χ0n) is 16.8. The lowest BCUT2D eigenvalue weighted by Crippen LogP contribution is -2.15. The maximum Gasteiger partial charge on any atom is 0.308 e. The first kappa shape index (κ1) is 20.7. The topological polar surface area (TPSA) is 89.6 Å². The van der Waals surface area contributed by atoms with Crippen molar-refractivity contribution >= 4 is 34.6 Å². The number of hydrogen-bond acceptors (Lipinski definition) is 7. The highest BCUT2D eigenvalue weighted by Crippen LogP contribution is 2.39. The smallest absolute Gasteiger partial charge is 0.308 e. The number of esters is 1. The highest BCUT2D eigenvalue weighted by Gasteiger charge is 2.32. The van der Waals surface area contributed by atoms with E-state index in [0.29, 0.717) is 10.8 Å². The minimum absolute atomic E-state index is 0.00218. The fourth-order valence-corrected chi connectivity index (χ4v) is 4.85. The molecule has 0 saturated heterocycles. The van der Waals surface area contributed by atoms with Gasteiger partial charge in [0.05, 0.1) is 18.7 Å². The van der Waals surface area contributed by atoms with E-state index in [1.165, 1.54) is 4.88 Å². The molecule has 0 fully saturated rings. The Kier molecular flexibility index (Phi) is 5.73. The molecule has 0 radical (unpaired) electrons. The normalized spacial score (nSPS) is 15.2. The van der Waals surface area contributed by atoms with Gasteiger partial charge >= 0.3 is 5.97 Å². The van der Waals surface area contributed by atoms with Crippen LogP contribution in [0.5, 0.6) is 0 Å². The van der Waals surface area contributed by atoms with Crippen molar-refractivity contribution in [3.8, 4) is 5.00 Å². The Hall–Kier alpha value is -2.55. The van der Waals surface area contributed by atoms with Gasteiger partial charge in [0.25, 0.3) is 0 Å². The molecule has 30 heavy (non-hydrogen) atoms. The Labute approximate surface area is 183 Å². The van der Waals surface area contributed by atoms with Crippen molar-refractivity contribution in [2.24, 2.45) is 4.99 Å². The molecule has 0 aliphatic carbocycles. The van der Waals surface area contributed by atoms with E-state index in [4.69, 9.17) is 26.4 Å². The number of halogens is 1. The van der Waals surface area contributed by atoms with Gasteiger partial charge in [0, 0.05) is 21.0 Å². The van der Waals surface area contributed by atoms with Crippen LogP contribution in [0.4, 0.5) is 0 Å². The molecule has 7 nitrogen and oxygen atoms in total. The van der Waals surface area contributed by atoms with Crippen LogP contribution < -0.4 is 0 Å². The van der Waals surface area contributed by atoms with Gasteiger partial charge < -0.3 is 9.84 Å². The van der Waals surface area contributed by atoms with Crippen molar-refractivity contribution < 1.29 is 14.6 Å². The van der Waals surface area contributed by atoms with Crippen LogP contribution in [-0.2, 0) is 9.53 Å². The molecule has 4 rings (SSSR count). The first-order valence-corrected chi connectivity index (χ1v) is 10.7. The Morgan fingerprint density at radius 1 is 1.23 bits per heavy atom. The highest BCUT2D eigenvalue weighted by atomic mass is 35.5. The molecule has 3 heterocycles. The Bertz CT molecular complexity index is 1130. The van der Waals surface area contributed by atoms with Crippen LogP contribution in [0.15, 0.2) is 29.3 Å². The summed E-state index contributed by atoms with van der Waals surface area (Å²) < 4.78 is 7.07. The van der Waals surface area contributed by atoms with E-state index in [-0.39, 0.29) is 19.6 Å². The van der Waals surface area contributed by atoms with Gasteiger partial charge in [0.2, 0.25) is 0 Å². The van der Waals surface area contributed by atoms with E-state index in [1.54, 1.807) is 11.3 Å². The minimum Gasteiger partial charge on any atom is -0.463 e. The predicted molar refractivity (Wildman–Crippen MR) is 116 cm³/mol. The number of rotatable bonds is 5. The van der Waals surface area contributed by atoms with Crippen molar-refractivity contribution in [2.75, 3.05) is 13.2 Å². The summed E-state index contributed by atoms with van der Waals surface area (Å²) in [6.07, 6.45) is 0.00218. The van der Waals surface area contributed by atoms with Gasteiger partial charge in [-0.3, -0.25) is 14.4 Å². The second-order valence-corrected chi connectivity index (χ2v) is 8.69. The number of nitrogens with zero attached hydrogens (tertiary/aromatic N) is 4. The summed E-state index contributed by atoms with van der Waals surface area (Å²) in [5, 5.41) is 19.2. The third kappa shape index (κ3) is 3.66. The van der Waals surface area contributed by atoms with Gasteiger partial charge in [-0.25, -0.2) is 0 Å². The molecule has 156 valence electrons. The number of aryl methyl sites for hydroxylation is 2. The summed E-state index contributed by atoms with van der Waals surface area (Å²) in [6.45, 7) is 5.78. The zero-order chi connectivity index (χ0) is 21.4. The second kappa shape index (κ2) is 8.29. The van der Waals surface area contributed by atoms with E-state index in [9.17, 15) is 4.79 Å². The van der Waals surface area contributed by atoms with E-state index in [1.807, 2.05) is 35.8 Å². The molecule has 0 amide bonds. The van der Waals surface area contributed by atoms with Gasteiger partial charge in [0.15, 0.2) is 5.82 Å². The zero-order valence-corrected chi connectivity index (χ0v) is 18.4. The first-order valence-electron chi connectivity index (χ1n) is 9.53. The number of carbonyl (C=O) groups excluding carboxylic acids is 1. The summed E-state index contributed by atoms with van der Waals surface area (Å²) in [4.78, 5) is 18.5. The van der Waals surface area contributed by atoms with Gasteiger partial charge in [-0.05, 0) is 38.5 Å². The molecule has 0 bridgehead atoms. The van der Waals surface area contributed by atoms with Crippen molar-refractivity contribution in [3.05, 3.63) is 62.5 Å². The number of aliphatic imine (C=N–C) groups is 1.